The molecule has 0 fully saturated rings. The number of carbonyl (C=O) groups is 1. The van der Waals surface area contributed by atoms with Crippen LogP contribution in [-0.2, 0) is 21.2 Å². The van der Waals surface area contributed by atoms with Gasteiger partial charge in [0, 0.05) is 12.6 Å². The lowest BCUT2D eigenvalue weighted by Crippen LogP contribution is -2.48. The van der Waals surface area contributed by atoms with E-state index in [1.54, 1.807) is 0 Å². The molecule has 0 aliphatic rings. The van der Waals surface area contributed by atoms with Gasteiger partial charge in [0.2, 0.25) is 15.9 Å². The van der Waals surface area contributed by atoms with Crippen LogP contribution in [0.4, 0.5) is 14.5 Å². The Kier molecular flexibility index (Phi) is 7.95. The Hall–Kier alpha value is -2.48. The van der Waals surface area contributed by atoms with Crippen LogP contribution in [-0.4, -0.2) is 33.2 Å². The fourth-order valence-electron chi connectivity index (χ4n) is 3.15. The van der Waals surface area contributed by atoms with Gasteiger partial charge in [-0.1, -0.05) is 38.1 Å². The van der Waals surface area contributed by atoms with Crippen LogP contribution in [0.3, 0.4) is 0 Å². The molecule has 2 aromatic carbocycles. The highest BCUT2D eigenvalue weighted by atomic mass is 32.2. The summed E-state index contributed by atoms with van der Waals surface area (Å²) in [6.45, 7) is 6.03. The van der Waals surface area contributed by atoms with E-state index in [9.17, 15) is 22.0 Å². The Morgan fingerprint density at radius 3 is 2.20 bits per heavy atom. The third-order valence-corrected chi connectivity index (χ3v) is 6.08. The molecule has 0 bridgehead atoms. The van der Waals surface area contributed by atoms with Gasteiger partial charge in [-0.2, -0.15) is 0 Å². The summed E-state index contributed by atoms with van der Waals surface area (Å²) >= 11 is 0. The molecule has 0 spiro atoms. The van der Waals surface area contributed by atoms with Crippen LogP contribution in [0.2, 0.25) is 0 Å². The molecule has 8 heteroatoms. The van der Waals surface area contributed by atoms with Gasteiger partial charge >= 0.3 is 0 Å². The molecule has 0 saturated heterocycles. The van der Waals surface area contributed by atoms with Crippen molar-refractivity contribution < 1.29 is 22.0 Å². The SMILES string of the molecule is CC(C)c1ccc(CCCNC(=O)[C@H](C)N(c2ccc(F)c(F)c2)S(C)(=O)=O)cc1. The molecule has 1 atom stereocenters. The number of nitrogens with zero attached hydrogens (tertiary/aromatic N) is 1. The van der Waals surface area contributed by atoms with Crippen molar-refractivity contribution in [2.24, 2.45) is 0 Å². The van der Waals surface area contributed by atoms with Gasteiger partial charge in [-0.3, -0.25) is 9.10 Å². The number of nitrogens with one attached hydrogen (secondary N) is 1. The number of aryl methyl sites for hydroxylation is 1. The second-order valence-electron chi connectivity index (χ2n) is 7.62. The molecule has 30 heavy (non-hydrogen) atoms. The Morgan fingerprint density at radius 2 is 1.67 bits per heavy atom. The van der Waals surface area contributed by atoms with E-state index in [2.05, 4.69) is 43.4 Å². The second kappa shape index (κ2) is 10.0. The van der Waals surface area contributed by atoms with E-state index >= 15 is 0 Å². The first kappa shape index (κ1) is 23.8. The molecule has 0 aromatic heterocycles. The van der Waals surface area contributed by atoms with Gasteiger partial charge in [0.1, 0.15) is 6.04 Å². The number of sulfonamides is 1. The van der Waals surface area contributed by atoms with E-state index in [1.165, 1.54) is 12.5 Å². The predicted octanol–water partition coefficient (Wildman–Crippen LogP) is 3.99. The summed E-state index contributed by atoms with van der Waals surface area (Å²) in [5.74, 6) is -2.32. The largest absolute Gasteiger partial charge is 0.354 e. The second-order valence-corrected chi connectivity index (χ2v) is 9.48. The van der Waals surface area contributed by atoms with Crippen LogP contribution in [0.15, 0.2) is 42.5 Å². The Bertz CT molecular complexity index is 976. The number of halogens is 2. The van der Waals surface area contributed by atoms with Gasteiger partial charge in [-0.15, -0.1) is 0 Å². The molecule has 2 aromatic rings. The zero-order valence-corrected chi connectivity index (χ0v) is 18.5. The number of hydrogen-bond acceptors (Lipinski definition) is 3. The van der Waals surface area contributed by atoms with Crippen molar-refractivity contribution in [2.45, 2.75) is 45.6 Å². The molecule has 2 rings (SSSR count). The molecule has 1 N–H and O–H groups in total. The van der Waals surface area contributed by atoms with Crippen LogP contribution in [0.25, 0.3) is 0 Å². The zero-order chi connectivity index (χ0) is 22.5. The molecular formula is C22H28F2N2O3S. The molecule has 0 aliphatic heterocycles. The van der Waals surface area contributed by atoms with Crippen molar-refractivity contribution in [3.8, 4) is 0 Å². The molecule has 5 nitrogen and oxygen atoms in total. The fraction of sp³-hybridized carbons (Fsp3) is 0.409. The number of rotatable bonds is 9. The van der Waals surface area contributed by atoms with Crippen LogP contribution in [0.1, 0.15) is 44.2 Å². The summed E-state index contributed by atoms with van der Waals surface area (Å²) in [5, 5.41) is 2.72. The predicted molar refractivity (Wildman–Crippen MR) is 115 cm³/mol. The van der Waals surface area contributed by atoms with Gasteiger partial charge in [0.05, 0.1) is 11.9 Å². The summed E-state index contributed by atoms with van der Waals surface area (Å²) in [7, 11) is -3.89. The minimum Gasteiger partial charge on any atom is -0.354 e. The molecule has 1 amide bonds. The first-order chi connectivity index (χ1) is 14.0. The molecule has 164 valence electrons. The minimum absolute atomic E-state index is 0.107. The number of benzene rings is 2. The van der Waals surface area contributed by atoms with E-state index < -0.39 is 33.6 Å². The van der Waals surface area contributed by atoms with E-state index in [1.807, 2.05) is 0 Å². The first-order valence-corrected chi connectivity index (χ1v) is 11.7. The lowest BCUT2D eigenvalue weighted by Gasteiger charge is -2.28. The number of hydrogen-bond donors (Lipinski definition) is 1. The van der Waals surface area contributed by atoms with Gasteiger partial charge in [0.15, 0.2) is 11.6 Å². The Balaban J connectivity index is 1.97. The molecule has 0 heterocycles. The van der Waals surface area contributed by atoms with Crippen molar-refractivity contribution in [3.63, 3.8) is 0 Å². The van der Waals surface area contributed by atoms with Crippen LogP contribution >= 0.6 is 0 Å². The van der Waals surface area contributed by atoms with Crippen molar-refractivity contribution >= 4 is 21.6 Å². The van der Waals surface area contributed by atoms with Crippen LogP contribution < -0.4 is 9.62 Å². The van der Waals surface area contributed by atoms with Crippen LogP contribution in [0, 0.1) is 11.6 Å². The minimum atomic E-state index is -3.89. The highest BCUT2D eigenvalue weighted by Gasteiger charge is 2.29. The third kappa shape index (κ3) is 6.26. The van der Waals surface area contributed by atoms with Crippen molar-refractivity contribution in [1.29, 1.82) is 0 Å². The molecule has 0 radical (unpaired) electrons. The average molecular weight is 439 g/mol. The summed E-state index contributed by atoms with van der Waals surface area (Å²) in [6, 6.07) is 9.92. The Morgan fingerprint density at radius 1 is 1.03 bits per heavy atom. The van der Waals surface area contributed by atoms with Gasteiger partial charge in [-0.05, 0) is 48.9 Å². The maximum absolute atomic E-state index is 13.6. The smallest absolute Gasteiger partial charge is 0.243 e. The molecule has 0 saturated carbocycles. The molecule has 0 unspecified atom stereocenters. The molecule has 0 aliphatic carbocycles. The van der Waals surface area contributed by atoms with Gasteiger partial charge in [-0.25, -0.2) is 17.2 Å². The lowest BCUT2D eigenvalue weighted by atomic mass is 10.0. The van der Waals surface area contributed by atoms with E-state index in [4.69, 9.17) is 0 Å². The topological polar surface area (TPSA) is 66.5 Å². The standard InChI is InChI=1S/C22H28F2N2O3S/c1-15(2)18-9-7-17(8-10-18)6-5-13-25-22(27)16(3)26(30(4,28)29)19-11-12-20(23)21(24)14-19/h7-12,14-16H,5-6,13H2,1-4H3,(H,25,27)/t16-/m0/s1. The molecular weight excluding hydrogens is 410 g/mol. The van der Waals surface area contributed by atoms with E-state index in [0.29, 0.717) is 18.9 Å². The monoisotopic (exact) mass is 438 g/mol. The lowest BCUT2D eigenvalue weighted by molar-refractivity contribution is -0.121. The van der Waals surface area contributed by atoms with Crippen LogP contribution in [0.5, 0.6) is 0 Å². The number of anilines is 1. The zero-order valence-electron chi connectivity index (χ0n) is 17.7. The third-order valence-electron chi connectivity index (χ3n) is 4.83. The van der Waals surface area contributed by atoms with Crippen molar-refractivity contribution in [3.05, 3.63) is 65.2 Å². The average Bonchev–Trinajstić information content (AvgIpc) is 2.67. The highest BCUT2D eigenvalue weighted by molar-refractivity contribution is 7.92. The number of carbonyl (C=O) groups excluding carboxylic acids is 1. The maximum Gasteiger partial charge on any atom is 0.243 e. The normalized spacial score (nSPS) is 12.6. The summed E-state index contributed by atoms with van der Waals surface area (Å²) in [5.41, 5.74) is 2.31. The summed E-state index contributed by atoms with van der Waals surface area (Å²) < 4.78 is 52.0. The number of amides is 1. The summed E-state index contributed by atoms with van der Waals surface area (Å²) in [4.78, 5) is 12.5. The van der Waals surface area contributed by atoms with E-state index in [0.717, 1.165) is 40.7 Å². The highest BCUT2D eigenvalue weighted by Crippen LogP contribution is 2.23. The quantitative estimate of drug-likeness (QED) is 0.602. The van der Waals surface area contributed by atoms with Gasteiger partial charge < -0.3 is 5.32 Å². The van der Waals surface area contributed by atoms with Crippen molar-refractivity contribution in [2.75, 3.05) is 17.1 Å². The Labute approximate surface area is 177 Å². The maximum atomic E-state index is 13.6. The summed E-state index contributed by atoms with van der Waals surface area (Å²) in [6.07, 6.45) is 2.37. The fourth-order valence-corrected chi connectivity index (χ4v) is 4.32. The van der Waals surface area contributed by atoms with E-state index in [-0.39, 0.29) is 5.69 Å². The van der Waals surface area contributed by atoms with Crippen molar-refractivity contribution in [1.82, 2.24) is 5.32 Å². The first-order valence-electron chi connectivity index (χ1n) is 9.81. The van der Waals surface area contributed by atoms with Gasteiger partial charge in [0.25, 0.3) is 0 Å².